The topological polar surface area (TPSA) is 97.9 Å². The van der Waals surface area contributed by atoms with Crippen molar-refractivity contribution < 1.29 is 10.2 Å². The molecule has 0 amide bonds. The molecule has 0 bridgehead atoms. The van der Waals surface area contributed by atoms with Crippen molar-refractivity contribution in [3.63, 3.8) is 0 Å². The molecule has 0 aliphatic heterocycles. The lowest BCUT2D eigenvalue weighted by molar-refractivity contribution is 0.276. The van der Waals surface area contributed by atoms with Crippen molar-refractivity contribution in [2.45, 2.75) is 26.9 Å². The Balaban J connectivity index is 1.67. The SMILES string of the molecule is C/C(C#N)=C/c1ccc(-c2ccc(-c3ccc(-c4ccc(/C=C(/C)C#N)n4CCO)s3)s2)n1CCO. The average Bonchev–Trinajstić information content (AvgIpc) is 3.67. The van der Waals surface area contributed by atoms with Gasteiger partial charge in [-0.1, -0.05) is 0 Å². The van der Waals surface area contributed by atoms with Gasteiger partial charge in [0.25, 0.3) is 0 Å². The van der Waals surface area contributed by atoms with E-state index < -0.39 is 0 Å². The van der Waals surface area contributed by atoms with Crippen molar-refractivity contribution in [1.82, 2.24) is 9.13 Å². The van der Waals surface area contributed by atoms with Crippen LogP contribution in [0.5, 0.6) is 0 Å². The molecule has 2 N–H and O–H groups in total. The van der Waals surface area contributed by atoms with Crippen LogP contribution in [-0.4, -0.2) is 32.6 Å². The molecule has 0 unspecified atom stereocenters. The van der Waals surface area contributed by atoms with E-state index in [9.17, 15) is 10.2 Å². The van der Waals surface area contributed by atoms with Crippen molar-refractivity contribution in [2.24, 2.45) is 0 Å². The maximum Gasteiger partial charge on any atom is 0.0944 e. The molecule has 0 fully saturated rings. The van der Waals surface area contributed by atoms with Crippen LogP contribution >= 0.6 is 22.7 Å². The second-order valence-electron chi connectivity index (χ2n) is 8.24. The smallest absolute Gasteiger partial charge is 0.0944 e. The summed E-state index contributed by atoms with van der Waals surface area (Å²) in [5.74, 6) is 0. The highest BCUT2D eigenvalue weighted by atomic mass is 32.1. The average molecular weight is 515 g/mol. The van der Waals surface area contributed by atoms with E-state index in [-0.39, 0.29) is 13.2 Å². The Morgan fingerprint density at radius 3 is 1.44 bits per heavy atom. The maximum absolute atomic E-state index is 9.61. The molecule has 0 spiro atoms. The van der Waals surface area contributed by atoms with E-state index in [0.717, 1.165) is 42.3 Å². The predicted octanol–water partition coefficient (Wildman–Crippen LogP) is 6.25. The monoisotopic (exact) mass is 514 g/mol. The number of aromatic nitrogens is 2. The minimum Gasteiger partial charge on any atom is -0.395 e. The van der Waals surface area contributed by atoms with Gasteiger partial charge < -0.3 is 19.3 Å². The molecule has 0 aliphatic rings. The lowest BCUT2D eigenvalue weighted by Gasteiger charge is -2.09. The number of nitrogens with zero attached hydrogens (tertiary/aromatic N) is 4. The van der Waals surface area contributed by atoms with Crippen molar-refractivity contribution in [3.8, 4) is 43.0 Å². The zero-order valence-corrected chi connectivity index (χ0v) is 21.7. The first-order chi connectivity index (χ1) is 17.5. The van der Waals surface area contributed by atoms with Crippen LogP contribution in [0.15, 0.2) is 59.7 Å². The van der Waals surface area contributed by atoms with Crippen molar-refractivity contribution in [3.05, 3.63) is 71.1 Å². The summed E-state index contributed by atoms with van der Waals surface area (Å²) in [7, 11) is 0. The standard InChI is InChI=1S/C28H26N4O2S2/c1-19(17-29)15-21-3-5-23(31(21)11-13-33)25-7-9-27(35-25)28-10-8-26(36-28)24-6-4-22(16-20(2)18-30)32(24)12-14-34/h3-10,15-16,33-34H,11-14H2,1-2H3/b19-15-,20-16-. The minimum atomic E-state index is 0.0131. The first-order valence-corrected chi connectivity index (χ1v) is 13.1. The Labute approximate surface area is 218 Å². The fourth-order valence-corrected chi connectivity index (χ4v) is 6.24. The lowest BCUT2D eigenvalue weighted by atomic mass is 10.2. The summed E-state index contributed by atoms with van der Waals surface area (Å²) in [5, 5.41) is 37.5. The Morgan fingerprint density at radius 2 is 1.08 bits per heavy atom. The highest BCUT2D eigenvalue weighted by Gasteiger charge is 2.15. The maximum atomic E-state index is 9.61. The molecule has 8 heteroatoms. The van der Waals surface area contributed by atoms with Gasteiger partial charge in [-0.3, -0.25) is 0 Å². The first-order valence-electron chi connectivity index (χ1n) is 11.5. The third kappa shape index (κ3) is 5.28. The lowest BCUT2D eigenvalue weighted by Crippen LogP contribution is -2.05. The van der Waals surface area contributed by atoms with Gasteiger partial charge in [0.05, 0.1) is 46.5 Å². The molecule has 0 atom stereocenters. The van der Waals surface area contributed by atoms with Crippen LogP contribution in [0.3, 0.4) is 0 Å². The number of hydrogen-bond donors (Lipinski definition) is 2. The van der Waals surface area contributed by atoms with Crippen molar-refractivity contribution in [2.75, 3.05) is 13.2 Å². The number of rotatable bonds is 9. The summed E-state index contributed by atoms with van der Waals surface area (Å²) in [5.41, 5.74) is 5.04. The van der Waals surface area contributed by atoms with Crippen LogP contribution in [0.2, 0.25) is 0 Å². The summed E-state index contributed by atoms with van der Waals surface area (Å²) >= 11 is 3.37. The molecule has 0 aromatic carbocycles. The number of nitriles is 2. The highest BCUT2D eigenvalue weighted by molar-refractivity contribution is 7.25. The quantitative estimate of drug-likeness (QED) is 0.258. The molecule has 182 valence electrons. The van der Waals surface area contributed by atoms with E-state index in [2.05, 4.69) is 36.4 Å². The predicted molar refractivity (Wildman–Crippen MR) is 147 cm³/mol. The molecule has 0 radical (unpaired) electrons. The van der Waals surface area contributed by atoms with Gasteiger partial charge in [0.2, 0.25) is 0 Å². The normalized spacial score (nSPS) is 12.1. The summed E-state index contributed by atoms with van der Waals surface area (Å²) < 4.78 is 4.08. The van der Waals surface area contributed by atoms with Gasteiger partial charge in [0.15, 0.2) is 0 Å². The number of aliphatic hydroxyl groups excluding tert-OH is 2. The molecule has 0 saturated carbocycles. The molecule has 4 rings (SSSR count). The van der Waals surface area contributed by atoms with Crippen LogP contribution in [0, 0.1) is 22.7 Å². The van der Waals surface area contributed by atoms with Gasteiger partial charge in [-0.05, 0) is 74.5 Å². The van der Waals surface area contributed by atoms with Crippen molar-refractivity contribution in [1.29, 1.82) is 10.5 Å². The van der Waals surface area contributed by atoms with Crippen LogP contribution < -0.4 is 0 Å². The summed E-state index contributed by atoms with van der Waals surface area (Å²) in [6.45, 7) is 4.47. The Bertz CT molecular complexity index is 1400. The van der Waals surface area contributed by atoms with Crippen LogP contribution in [0.4, 0.5) is 0 Å². The largest absolute Gasteiger partial charge is 0.395 e. The van der Waals surface area contributed by atoms with E-state index in [1.54, 1.807) is 36.5 Å². The van der Waals surface area contributed by atoms with Crippen LogP contribution in [-0.2, 0) is 13.1 Å². The van der Waals surface area contributed by atoms with Crippen LogP contribution in [0.25, 0.3) is 43.0 Å². The number of aliphatic hydroxyl groups is 2. The Kier molecular flexibility index (Phi) is 8.04. The summed E-state index contributed by atoms with van der Waals surface area (Å²) in [4.78, 5) is 4.46. The molecular formula is C28H26N4O2S2. The Hall–Kier alpha value is -3.66. The van der Waals surface area contributed by atoms with Gasteiger partial charge in [0.1, 0.15) is 0 Å². The molecule has 4 aromatic heterocycles. The summed E-state index contributed by atoms with van der Waals surface area (Å²) in [6, 6.07) is 20.7. The number of allylic oxidation sites excluding steroid dienone is 2. The van der Waals surface area contributed by atoms with Gasteiger partial charge in [-0.2, -0.15) is 10.5 Å². The summed E-state index contributed by atoms with van der Waals surface area (Å²) in [6.07, 6.45) is 3.67. The fraction of sp³-hybridized carbons (Fsp3) is 0.214. The molecule has 4 aromatic rings. The molecule has 4 heterocycles. The molecule has 36 heavy (non-hydrogen) atoms. The molecule has 6 nitrogen and oxygen atoms in total. The zero-order valence-electron chi connectivity index (χ0n) is 20.1. The van der Waals surface area contributed by atoms with E-state index in [1.807, 2.05) is 45.6 Å². The fourth-order valence-electron chi connectivity index (χ4n) is 4.07. The third-order valence-electron chi connectivity index (χ3n) is 5.72. The molecular weight excluding hydrogens is 488 g/mol. The van der Waals surface area contributed by atoms with Crippen molar-refractivity contribution >= 4 is 34.8 Å². The third-order valence-corrected chi connectivity index (χ3v) is 8.13. The molecule has 0 aliphatic carbocycles. The number of hydrogen-bond acceptors (Lipinski definition) is 6. The van der Waals surface area contributed by atoms with E-state index >= 15 is 0 Å². The molecule has 0 saturated heterocycles. The minimum absolute atomic E-state index is 0.0131. The highest BCUT2D eigenvalue weighted by Crippen LogP contribution is 2.41. The number of thiophene rings is 2. The zero-order chi connectivity index (χ0) is 25.7. The van der Waals surface area contributed by atoms with Gasteiger partial charge in [0, 0.05) is 45.4 Å². The Morgan fingerprint density at radius 1 is 0.694 bits per heavy atom. The van der Waals surface area contributed by atoms with Gasteiger partial charge in [-0.25, -0.2) is 0 Å². The van der Waals surface area contributed by atoms with Gasteiger partial charge >= 0.3 is 0 Å². The van der Waals surface area contributed by atoms with E-state index in [1.165, 1.54) is 0 Å². The van der Waals surface area contributed by atoms with Crippen LogP contribution in [0.1, 0.15) is 25.2 Å². The van der Waals surface area contributed by atoms with E-state index in [0.29, 0.717) is 24.2 Å². The first kappa shape index (κ1) is 25.4. The second-order valence-corrected chi connectivity index (χ2v) is 10.4. The van der Waals surface area contributed by atoms with Gasteiger partial charge in [-0.15, -0.1) is 22.7 Å². The van der Waals surface area contributed by atoms with E-state index in [4.69, 9.17) is 10.5 Å². The second kappa shape index (κ2) is 11.4.